The van der Waals surface area contributed by atoms with Crippen LogP contribution in [-0.2, 0) is 0 Å². The Kier molecular flexibility index (Phi) is 4.72. The van der Waals surface area contributed by atoms with E-state index in [9.17, 15) is 9.59 Å². The third-order valence-electron chi connectivity index (χ3n) is 3.44. The minimum atomic E-state index is -0.0638. The molecule has 0 radical (unpaired) electrons. The van der Waals surface area contributed by atoms with Crippen LogP contribution in [0.25, 0.3) is 0 Å². The minimum Gasteiger partial charge on any atom is -0.399 e. The number of amides is 3. The average Bonchev–Trinajstić information content (AvgIpc) is 2.48. The minimum absolute atomic E-state index is 0.0211. The molecule has 1 aliphatic heterocycles. The van der Waals surface area contributed by atoms with E-state index in [2.05, 4.69) is 15.9 Å². The molecule has 1 aliphatic rings. The zero-order valence-electron chi connectivity index (χ0n) is 12.2. The summed E-state index contributed by atoms with van der Waals surface area (Å²) in [5.41, 5.74) is 6.86. The second-order valence-electron chi connectivity index (χ2n) is 5.20. The number of carbonyl (C=O) groups excluding carboxylic acids is 2. The molecular weight excluding hydrogens is 336 g/mol. The van der Waals surface area contributed by atoms with Gasteiger partial charge in [0.1, 0.15) is 0 Å². The highest BCUT2D eigenvalue weighted by molar-refractivity contribution is 9.10. The molecule has 0 saturated carbocycles. The first-order valence-electron chi connectivity index (χ1n) is 6.70. The van der Waals surface area contributed by atoms with Gasteiger partial charge in [-0.1, -0.05) is 0 Å². The van der Waals surface area contributed by atoms with Crippen LogP contribution in [0.3, 0.4) is 0 Å². The highest BCUT2D eigenvalue weighted by Gasteiger charge is 2.26. The van der Waals surface area contributed by atoms with Crippen LogP contribution in [0.4, 0.5) is 10.5 Å². The number of nitrogens with zero attached hydrogens (tertiary/aromatic N) is 3. The first-order chi connectivity index (χ1) is 9.90. The van der Waals surface area contributed by atoms with E-state index in [1.165, 1.54) is 0 Å². The quantitative estimate of drug-likeness (QED) is 0.776. The molecule has 0 atom stereocenters. The largest absolute Gasteiger partial charge is 0.399 e. The van der Waals surface area contributed by atoms with Gasteiger partial charge in [0.05, 0.1) is 5.56 Å². The lowest BCUT2D eigenvalue weighted by Gasteiger charge is -2.36. The summed E-state index contributed by atoms with van der Waals surface area (Å²) in [6.45, 7) is 2.14. The van der Waals surface area contributed by atoms with Gasteiger partial charge in [0.2, 0.25) is 0 Å². The normalized spacial score (nSPS) is 15.0. The summed E-state index contributed by atoms with van der Waals surface area (Å²) in [5.74, 6) is -0.0638. The summed E-state index contributed by atoms with van der Waals surface area (Å²) in [6, 6.07) is 5.17. The van der Waals surface area contributed by atoms with Gasteiger partial charge in [-0.2, -0.15) is 0 Å². The monoisotopic (exact) mass is 354 g/mol. The van der Waals surface area contributed by atoms with Crippen molar-refractivity contribution < 1.29 is 9.59 Å². The Morgan fingerprint density at radius 3 is 2.29 bits per heavy atom. The Morgan fingerprint density at radius 2 is 1.71 bits per heavy atom. The molecule has 3 amide bonds. The van der Waals surface area contributed by atoms with Gasteiger partial charge in [-0.3, -0.25) is 4.79 Å². The highest BCUT2D eigenvalue weighted by atomic mass is 79.9. The second kappa shape index (κ2) is 6.34. The summed E-state index contributed by atoms with van der Waals surface area (Å²) in [7, 11) is 3.45. The number of nitrogen functional groups attached to an aromatic ring is 1. The summed E-state index contributed by atoms with van der Waals surface area (Å²) in [6.07, 6.45) is 0. The number of nitrogens with two attached hydrogens (primary N) is 1. The van der Waals surface area contributed by atoms with Gasteiger partial charge in [0.25, 0.3) is 5.91 Å². The number of halogens is 1. The smallest absolute Gasteiger partial charge is 0.319 e. The van der Waals surface area contributed by atoms with E-state index in [1.54, 1.807) is 47.0 Å². The zero-order chi connectivity index (χ0) is 15.6. The predicted molar refractivity (Wildman–Crippen MR) is 85.1 cm³/mol. The van der Waals surface area contributed by atoms with Crippen LogP contribution in [0.15, 0.2) is 22.7 Å². The molecule has 1 aromatic rings. The van der Waals surface area contributed by atoms with Gasteiger partial charge < -0.3 is 20.4 Å². The first-order valence-corrected chi connectivity index (χ1v) is 7.50. The van der Waals surface area contributed by atoms with E-state index in [0.29, 0.717) is 37.4 Å². The summed E-state index contributed by atoms with van der Waals surface area (Å²) >= 11 is 3.38. The lowest BCUT2D eigenvalue weighted by Crippen LogP contribution is -2.52. The Bertz CT molecular complexity index is 554. The standard InChI is InChI=1S/C14H19BrN4O2/c1-17(2)14(21)19-7-5-18(6-8-19)13(20)11-9-10(16)3-4-12(11)15/h3-4,9H,5-8,16H2,1-2H3. The van der Waals surface area contributed by atoms with Crippen LogP contribution in [-0.4, -0.2) is 66.9 Å². The van der Waals surface area contributed by atoms with E-state index in [1.807, 2.05) is 0 Å². The number of piperazine rings is 1. The molecule has 1 saturated heterocycles. The maximum Gasteiger partial charge on any atom is 0.319 e. The number of hydrogen-bond donors (Lipinski definition) is 1. The first kappa shape index (κ1) is 15.6. The van der Waals surface area contributed by atoms with E-state index < -0.39 is 0 Å². The molecule has 2 rings (SSSR count). The van der Waals surface area contributed by atoms with Crippen molar-refractivity contribution in [1.29, 1.82) is 0 Å². The number of carbonyl (C=O) groups is 2. The highest BCUT2D eigenvalue weighted by Crippen LogP contribution is 2.22. The predicted octanol–water partition coefficient (Wildman–Crippen LogP) is 1.47. The molecule has 0 unspecified atom stereocenters. The molecule has 0 aliphatic carbocycles. The maximum absolute atomic E-state index is 12.5. The van der Waals surface area contributed by atoms with Crippen molar-refractivity contribution >= 4 is 33.6 Å². The van der Waals surface area contributed by atoms with E-state index in [-0.39, 0.29) is 11.9 Å². The van der Waals surface area contributed by atoms with Gasteiger partial charge in [-0.15, -0.1) is 0 Å². The molecule has 0 spiro atoms. The molecule has 1 aromatic carbocycles. The van der Waals surface area contributed by atoms with E-state index >= 15 is 0 Å². The number of benzene rings is 1. The molecule has 1 fully saturated rings. The lowest BCUT2D eigenvalue weighted by atomic mass is 10.1. The number of urea groups is 1. The molecule has 7 heteroatoms. The van der Waals surface area contributed by atoms with E-state index in [0.717, 1.165) is 4.47 Å². The van der Waals surface area contributed by atoms with E-state index in [4.69, 9.17) is 5.73 Å². The van der Waals surface area contributed by atoms with Crippen molar-refractivity contribution in [3.8, 4) is 0 Å². The summed E-state index contributed by atoms with van der Waals surface area (Å²) in [5, 5.41) is 0. The van der Waals surface area contributed by atoms with Crippen LogP contribution in [0.1, 0.15) is 10.4 Å². The Labute approximate surface area is 132 Å². The number of hydrogen-bond acceptors (Lipinski definition) is 3. The molecule has 21 heavy (non-hydrogen) atoms. The molecule has 0 aromatic heterocycles. The van der Waals surface area contributed by atoms with Gasteiger partial charge >= 0.3 is 6.03 Å². The maximum atomic E-state index is 12.5. The lowest BCUT2D eigenvalue weighted by molar-refractivity contribution is 0.0649. The van der Waals surface area contributed by atoms with Gasteiger partial charge in [0, 0.05) is 50.4 Å². The van der Waals surface area contributed by atoms with Crippen molar-refractivity contribution in [3.63, 3.8) is 0 Å². The van der Waals surface area contributed by atoms with Crippen LogP contribution in [0.5, 0.6) is 0 Å². The van der Waals surface area contributed by atoms with Gasteiger partial charge in [0.15, 0.2) is 0 Å². The third kappa shape index (κ3) is 3.47. The Hall–Kier alpha value is -1.76. The van der Waals surface area contributed by atoms with Crippen molar-refractivity contribution in [1.82, 2.24) is 14.7 Å². The summed E-state index contributed by atoms with van der Waals surface area (Å²) < 4.78 is 0.730. The van der Waals surface area contributed by atoms with Crippen molar-refractivity contribution in [2.75, 3.05) is 46.0 Å². The van der Waals surface area contributed by atoms with Crippen LogP contribution in [0.2, 0.25) is 0 Å². The SMILES string of the molecule is CN(C)C(=O)N1CCN(C(=O)c2cc(N)ccc2Br)CC1. The second-order valence-corrected chi connectivity index (χ2v) is 6.05. The topological polar surface area (TPSA) is 69.9 Å². The van der Waals surface area contributed by atoms with Crippen molar-refractivity contribution in [3.05, 3.63) is 28.2 Å². The zero-order valence-corrected chi connectivity index (χ0v) is 13.8. The Morgan fingerprint density at radius 1 is 1.14 bits per heavy atom. The van der Waals surface area contributed by atoms with Crippen LogP contribution in [0, 0.1) is 0 Å². The fourth-order valence-corrected chi connectivity index (χ4v) is 2.68. The van der Waals surface area contributed by atoms with Crippen molar-refractivity contribution in [2.24, 2.45) is 0 Å². The van der Waals surface area contributed by atoms with Gasteiger partial charge in [-0.05, 0) is 34.1 Å². The van der Waals surface area contributed by atoms with Crippen LogP contribution < -0.4 is 5.73 Å². The Balaban J connectivity index is 2.03. The fraction of sp³-hybridized carbons (Fsp3) is 0.429. The summed E-state index contributed by atoms with van der Waals surface area (Å²) in [4.78, 5) is 29.4. The fourth-order valence-electron chi connectivity index (χ4n) is 2.26. The molecular formula is C14H19BrN4O2. The van der Waals surface area contributed by atoms with Crippen LogP contribution >= 0.6 is 15.9 Å². The molecule has 2 N–H and O–H groups in total. The molecule has 1 heterocycles. The van der Waals surface area contributed by atoms with Crippen molar-refractivity contribution in [2.45, 2.75) is 0 Å². The molecule has 0 bridgehead atoms. The molecule has 6 nitrogen and oxygen atoms in total. The number of rotatable bonds is 1. The third-order valence-corrected chi connectivity index (χ3v) is 4.13. The average molecular weight is 355 g/mol. The molecule has 114 valence electrons. The number of anilines is 1. The van der Waals surface area contributed by atoms with Gasteiger partial charge in [-0.25, -0.2) is 4.79 Å².